The van der Waals surface area contributed by atoms with E-state index >= 15 is 0 Å². The van der Waals surface area contributed by atoms with Crippen molar-refractivity contribution in [3.05, 3.63) is 41.3 Å². The summed E-state index contributed by atoms with van der Waals surface area (Å²) in [5.41, 5.74) is 1.05. The van der Waals surface area contributed by atoms with Crippen LogP contribution in [0.2, 0.25) is 0 Å². The van der Waals surface area contributed by atoms with Gasteiger partial charge in [0, 0.05) is 6.92 Å². The van der Waals surface area contributed by atoms with Gasteiger partial charge in [-0.25, -0.2) is 4.39 Å². The van der Waals surface area contributed by atoms with Crippen LogP contribution in [0.25, 0.3) is 0 Å². The van der Waals surface area contributed by atoms with Crippen LogP contribution in [0.15, 0.2) is 22.7 Å². The lowest BCUT2D eigenvalue weighted by Crippen LogP contribution is -2.03. The number of benzene rings is 1. The Morgan fingerprint density at radius 3 is 2.88 bits per heavy atom. The summed E-state index contributed by atoms with van der Waals surface area (Å²) in [6.07, 6.45) is 0. The molecule has 0 atom stereocenters. The van der Waals surface area contributed by atoms with E-state index in [9.17, 15) is 4.39 Å². The minimum absolute atomic E-state index is 0.247. The number of hydrogen-bond donors (Lipinski definition) is 1. The molecule has 0 saturated carbocycles. The van der Waals surface area contributed by atoms with Gasteiger partial charge in [0.25, 0.3) is 0 Å². The zero-order valence-electron chi connectivity index (χ0n) is 9.12. The van der Waals surface area contributed by atoms with E-state index in [1.165, 1.54) is 0 Å². The van der Waals surface area contributed by atoms with E-state index in [4.69, 9.17) is 4.52 Å². The van der Waals surface area contributed by atoms with E-state index in [1.54, 1.807) is 32.0 Å². The maximum Gasteiger partial charge on any atom is 0.223 e. The van der Waals surface area contributed by atoms with Crippen LogP contribution in [-0.4, -0.2) is 10.1 Å². The summed E-state index contributed by atoms with van der Waals surface area (Å²) in [6.45, 7) is 3.78. The lowest BCUT2D eigenvalue weighted by atomic mass is 10.2. The molecule has 2 aromatic rings. The molecule has 84 valence electrons. The topological polar surface area (TPSA) is 51.0 Å². The van der Waals surface area contributed by atoms with E-state index in [1.807, 2.05) is 0 Å². The summed E-state index contributed by atoms with van der Waals surface area (Å²) in [5.74, 6) is 0.766. The first-order valence-corrected chi connectivity index (χ1v) is 4.95. The number of anilines is 1. The largest absolute Gasteiger partial charge is 0.375 e. The monoisotopic (exact) mass is 221 g/mol. The fraction of sp³-hybridized carbons (Fsp3) is 0.273. The molecule has 5 heteroatoms. The zero-order chi connectivity index (χ0) is 11.5. The van der Waals surface area contributed by atoms with Gasteiger partial charge in [0.05, 0.1) is 12.2 Å². The standard InChI is InChI=1S/C11H12FN3O/c1-7-4-3-5-9(11(7)12)13-6-10-14-8(2)16-15-10/h3-5,13H,6H2,1-2H3. The van der Waals surface area contributed by atoms with E-state index in [2.05, 4.69) is 15.5 Å². The van der Waals surface area contributed by atoms with Crippen molar-refractivity contribution >= 4 is 5.69 Å². The molecule has 16 heavy (non-hydrogen) atoms. The molecule has 0 unspecified atom stereocenters. The highest BCUT2D eigenvalue weighted by molar-refractivity contribution is 5.47. The highest BCUT2D eigenvalue weighted by Crippen LogP contribution is 2.17. The van der Waals surface area contributed by atoms with Gasteiger partial charge < -0.3 is 9.84 Å². The Balaban J connectivity index is 2.07. The van der Waals surface area contributed by atoms with Gasteiger partial charge in [0.15, 0.2) is 5.82 Å². The molecule has 0 aliphatic rings. The Labute approximate surface area is 92.5 Å². The first-order valence-electron chi connectivity index (χ1n) is 4.95. The van der Waals surface area contributed by atoms with Gasteiger partial charge >= 0.3 is 0 Å². The predicted molar refractivity (Wildman–Crippen MR) is 57.5 cm³/mol. The van der Waals surface area contributed by atoms with Crippen LogP contribution in [0.3, 0.4) is 0 Å². The van der Waals surface area contributed by atoms with Crippen molar-refractivity contribution in [1.29, 1.82) is 0 Å². The summed E-state index contributed by atoms with van der Waals surface area (Å²) in [4.78, 5) is 4.02. The van der Waals surface area contributed by atoms with Crippen molar-refractivity contribution in [2.24, 2.45) is 0 Å². The number of aromatic nitrogens is 2. The molecule has 2 rings (SSSR count). The molecule has 1 aromatic heterocycles. The molecule has 1 heterocycles. The fourth-order valence-electron chi connectivity index (χ4n) is 1.37. The maximum absolute atomic E-state index is 13.6. The Hall–Kier alpha value is -1.91. The molecule has 0 saturated heterocycles. The molecule has 1 N–H and O–H groups in total. The maximum atomic E-state index is 13.6. The molecule has 0 spiro atoms. The zero-order valence-corrected chi connectivity index (χ0v) is 9.12. The van der Waals surface area contributed by atoms with Crippen molar-refractivity contribution in [2.45, 2.75) is 20.4 Å². The van der Waals surface area contributed by atoms with Crippen LogP contribution >= 0.6 is 0 Å². The summed E-state index contributed by atoms with van der Waals surface area (Å²) in [6, 6.07) is 5.19. The van der Waals surface area contributed by atoms with Crippen LogP contribution < -0.4 is 5.32 Å². The molecule has 0 radical (unpaired) electrons. The Kier molecular flexibility index (Phi) is 2.85. The normalized spacial score (nSPS) is 10.4. The van der Waals surface area contributed by atoms with Gasteiger partial charge in [-0.15, -0.1) is 0 Å². The average molecular weight is 221 g/mol. The number of rotatable bonds is 3. The van der Waals surface area contributed by atoms with Crippen molar-refractivity contribution in [1.82, 2.24) is 10.1 Å². The molecule has 0 fully saturated rings. The Morgan fingerprint density at radius 1 is 1.38 bits per heavy atom. The summed E-state index contributed by atoms with van der Waals surface area (Å²) in [5, 5.41) is 6.64. The van der Waals surface area contributed by atoms with Crippen molar-refractivity contribution in [2.75, 3.05) is 5.32 Å². The van der Waals surface area contributed by atoms with Crippen LogP contribution in [0.1, 0.15) is 17.3 Å². The lowest BCUT2D eigenvalue weighted by Gasteiger charge is -2.06. The summed E-state index contributed by atoms with van der Waals surface area (Å²) in [7, 11) is 0. The van der Waals surface area contributed by atoms with Gasteiger partial charge in [0.2, 0.25) is 5.89 Å². The van der Waals surface area contributed by atoms with Crippen LogP contribution in [0, 0.1) is 19.7 Å². The van der Waals surface area contributed by atoms with Crippen molar-refractivity contribution < 1.29 is 8.91 Å². The number of aryl methyl sites for hydroxylation is 2. The first-order chi connectivity index (χ1) is 7.66. The third-order valence-electron chi connectivity index (χ3n) is 2.20. The number of nitrogens with one attached hydrogen (secondary N) is 1. The summed E-state index contributed by atoms with van der Waals surface area (Å²) < 4.78 is 18.4. The number of hydrogen-bond acceptors (Lipinski definition) is 4. The second kappa shape index (κ2) is 4.30. The second-order valence-electron chi connectivity index (χ2n) is 3.52. The smallest absolute Gasteiger partial charge is 0.223 e. The highest BCUT2D eigenvalue weighted by Gasteiger charge is 2.06. The second-order valence-corrected chi connectivity index (χ2v) is 3.52. The molecule has 4 nitrogen and oxygen atoms in total. The number of nitrogens with zero attached hydrogens (tertiary/aromatic N) is 2. The van der Waals surface area contributed by atoms with Crippen molar-refractivity contribution in [3.8, 4) is 0 Å². The highest BCUT2D eigenvalue weighted by atomic mass is 19.1. The van der Waals surface area contributed by atoms with Crippen LogP contribution in [0.5, 0.6) is 0 Å². The van der Waals surface area contributed by atoms with Crippen LogP contribution in [-0.2, 0) is 6.54 Å². The average Bonchev–Trinajstić information content (AvgIpc) is 2.67. The molecule has 0 aliphatic heterocycles. The lowest BCUT2D eigenvalue weighted by molar-refractivity contribution is 0.388. The van der Waals surface area contributed by atoms with Gasteiger partial charge in [-0.05, 0) is 18.6 Å². The molecule has 0 amide bonds. The molecule has 0 bridgehead atoms. The van der Waals surface area contributed by atoms with Crippen LogP contribution in [0.4, 0.5) is 10.1 Å². The third kappa shape index (κ3) is 2.18. The molecule has 1 aromatic carbocycles. The van der Waals surface area contributed by atoms with Gasteiger partial charge in [0.1, 0.15) is 5.82 Å². The van der Waals surface area contributed by atoms with E-state index in [0.29, 0.717) is 29.5 Å². The minimum atomic E-state index is -0.247. The number of halogens is 1. The molecular formula is C11H12FN3O. The Morgan fingerprint density at radius 2 is 2.19 bits per heavy atom. The van der Waals surface area contributed by atoms with Gasteiger partial charge in [-0.3, -0.25) is 0 Å². The van der Waals surface area contributed by atoms with Gasteiger partial charge in [-0.2, -0.15) is 4.98 Å². The first kappa shape index (κ1) is 10.6. The van der Waals surface area contributed by atoms with Crippen molar-refractivity contribution in [3.63, 3.8) is 0 Å². The minimum Gasteiger partial charge on any atom is -0.375 e. The van der Waals surface area contributed by atoms with Gasteiger partial charge in [-0.1, -0.05) is 17.3 Å². The third-order valence-corrected chi connectivity index (χ3v) is 2.20. The van der Waals surface area contributed by atoms with E-state index in [-0.39, 0.29) is 5.82 Å². The Bertz CT molecular complexity index is 496. The SMILES string of the molecule is Cc1nc(CNc2cccc(C)c2F)no1. The van der Waals surface area contributed by atoms with E-state index in [0.717, 1.165) is 0 Å². The fourth-order valence-corrected chi connectivity index (χ4v) is 1.37. The summed E-state index contributed by atoms with van der Waals surface area (Å²) >= 11 is 0. The molecule has 0 aliphatic carbocycles. The van der Waals surface area contributed by atoms with E-state index < -0.39 is 0 Å². The quantitative estimate of drug-likeness (QED) is 0.864. The molecular weight excluding hydrogens is 209 g/mol. The predicted octanol–water partition coefficient (Wildman–Crippen LogP) is 2.44.